The van der Waals surface area contributed by atoms with Crippen molar-refractivity contribution in [2.45, 2.75) is 45.2 Å². The van der Waals surface area contributed by atoms with Gasteiger partial charge in [0.15, 0.2) is 0 Å². The summed E-state index contributed by atoms with van der Waals surface area (Å²) < 4.78 is 7.30. The van der Waals surface area contributed by atoms with Gasteiger partial charge in [0.05, 0.1) is 31.2 Å². The van der Waals surface area contributed by atoms with Crippen molar-refractivity contribution in [3.05, 3.63) is 35.4 Å². The van der Waals surface area contributed by atoms with Gasteiger partial charge in [-0.25, -0.2) is 0 Å². The molecule has 2 saturated heterocycles. The van der Waals surface area contributed by atoms with E-state index in [1.54, 1.807) is 6.20 Å². The van der Waals surface area contributed by atoms with Crippen LogP contribution in [0.1, 0.15) is 53.7 Å². The first-order valence-electron chi connectivity index (χ1n) is 10.4. The van der Waals surface area contributed by atoms with Crippen LogP contribution in [0.4, 0.5) is 0 Å². The largest absolute Gasteiger partial charge is 0.379 e. The Kier molecular flexibility index (Phi) is 6.07. The lowest BCUT2D eigenvalue weighted by molar-refractivity contribution is 0.0339. The van der Waals surface area contributed by atoms with Gasteiger partial charge in [-0.15, -0.1) is 0 Å². The minimum Gasteiger partial charge on any atom is -0.379 e. The third-order valence-electron chi connectivity index (χ3n) is 5.70. The topological polar surface area (TPSA) is 79.3 Å². The van der Waals surface area contributed by atoms with Gasteiger partial charge >= 0.3 is 0 Å². The first kappa shape index (κ1) is 19.1. The number of nitrogens with one attached hydrogen (secondary N) is 1. The molecule has 28 heavy (non-hydrogen) atoms. The number of carbonyl (C=O) groups excluding carboxylic acids is 1. The molecule has 8 heteroatoms. The molecule has 0 radical (unpaired) electrons. The monoisotopic (exact) mass is 386 g/mol. The van der Waals surface area contributed by atoms with E-state index in [0.29, 0.717) is 11.5 Å². The predicted molar refractivity (Wildman–Crippen MR) is 105 cm³/mol. The van der Waals surface area contributed by atoms with Crippen LogP contribution >= 0.6 is 0 Å². The summed E-state index contributed by atoms with van der Waals surface area (Å²) >= 11 is 0. The van der Waals surface area contributed by atoms with Gasteiger partial charge in [0.1, 0.15) is 0 Å². The number of aromatic nitrogens is 4. The lowest BCUT2D eigenvalue weighted by atomic mass is 9.92. The number of aryl methyl sites for hydroxylation is 1. The molecule has 1 unspecified atom stereocenters. The Labute approximate surface area is 165 Å². The summed E-state index contributed by atoms with van der Waals surface area (Å²) in [6.45, 7) is 8.89. The number of morpholine rings is 1. The van der Waals surface area contributed by atoms with Gasteiger partial charge in [-0.05, 0) is 19.3 Å². The van der Waals surface area contributed by atoms with Crippen LogP contribution in [0.3, 0.4) is 0 Å². The maximum Gasteiger partial charge on any atom is 0.257 e. The maximum absolute atomic E-state index is 13.0. The van der Waals surface area contributed by atoms with E-state index in [9.17, 15) is 4.79 Å². The van der Waals surface area contributed by atoms with Gasteiger partial charge in [0.2, 0.25) is 0 Å². The number of nitrogens with zero attached hydrogens (tertiary/aromatic N) is 5. The van der Waals surface area contributed by atoms with E-state index in [-0.39, 0.29) is 5.91 Å². The van der Waals surface area contributed by atoms with Crippen LogP contribution in [0.15, 0.2) is 18.6 Å². The molecule has 1 atom stereocenters. The molecule has 2 aromatic heterocycles. The van der Waals surface area contributed by atoms with E-state index >= 15 is 0 Å². The molecule has 1 amide bonds. The van der Waals surface area contributed by atoms with E-state index in [4.69, 9.17) is 4.74 Å². The number of rotatable bonds is 6. The smallest absolute Gasteiger partial charge is 0.257 e. The molecule has 0 aromatic carbocycles. The van der Waals surface area contributed by atoms with Crippen molar-refractivity contribution in [3.8, 4) is 0 Å². The van der Waals surface area contributed by atoms with Crippen LogP contribution < -0.4 is 0 Å². The first-order valence-corrected chi connectivity index (χ1v) is 10.4. The number of ether oxygens (including phenoxy) is 1. The highest BCUT2D eigenvalue weighted by atomic mass is 16.5. The van der Waals surface area contributed by atoms with Crippen molar-refractivity contribution < 1.29 is 9.53 Å². The van der Waals surface area contributed by atoms with E-state index in [1.165, 1.54) is 11.3 Å². The van der Waals surface area contributed by atoms with Gasteiger partial charge in [-0.2, -0.15) is 10.2 Å². The normalized spacial score (nSPS) is 21.2. The van der Waals surface area contributed by atoms with Gasteiger partial charge < -0.3 is 9.64 Å². The molecule has 0 saturated carbocycles. The van der Waals surface area contributed by atoms with Crippen molar-refractivity contribution in [3.63, 3.8) is 0 Å². The fourth-order valence-electron chi connectivity index (χ4n) is 4.21. The highest BCUT2D eigenvalue weighted by molar-refractivity contribution is 5.93. The number of hydrogen-bond donors (Lipinski definition) is 1. The number of H-pyrrole nitrogens is 1. The number of likely N-dealkylation sites (tertiary alicyclic amines) is 1. The molecule has 2 aliphatic rings. The zero-order valence-corrected chi connectivity index (χ0v) is 16.6. The standard InChI is InChI=1S/C20H30N6O2/c1-2-5-26-15-18(12-22-26)20(27)25-6-3-4-16(14-25)19-17(11-21-23-19)13-24-7-9-28-10-8-24/h11-12,15-16H,2-10,13-14H2,1H3,(H,21,23). The molecule has 0 spiro atoms. The van der Waals surface area contributed by atoms with Gasteiger partial charge in [0.25, 0.3) is 5.91 Å². The number of carbonyl (C=O) groups is 1. The molecule has 2 aliphatic heterocycles. The molecular weight excluding hydrogens is 356 g/mol. The van der Waals surface area contributed by atoms with Crippen LogP contribution in [0, 0.1) is 0 Å². The highest BCUT2D eigenvalue weighted by Crippen LogP contribution is 2.29. The third-order valence-corrected chi connectivity index (χ3v) is 5.70. The molecule has 8 nitrogen and oxygen atoms in total. The molecule has 4 rings (SSSR count). The number of hydrogen-bond acceptors (Lipinski definition) is 5. The average Bonchev–Trinajstić information content (AvgIpc) is 3.38. The highest BCUT2D eigenvalue weighted by Gasteiger charge is 2.29. The van der Waals surface area contributed by atoms with Crippen molar-refractivity contribution >= 4 is 5.91 Å². The zero-order valence-electron chi connectivity index (χ0n) is 16.6. The van der Waals surface area contributed by atoms with Gasteiger partial charge in [0, 0.05) is 62.6 Å². The third kappa shape index (κ3) is 4.28. The second-order valence-corrected chi connectivity index (χ2v) is 7.78. The summed E-state index contributed by atoms with van der Waals surface area (Å²) in [5, 5.41) is 11.8. The Bertz CT molecular complexity index is 779. The summed E-state index contributed by atoms with van der Waals surface area (Å²) in [6.07, 6.45) is 8.61. The minimum atomic E-state index is 0.0845. The van der Waals surface area contributed by atoms with Crippen molar-refractivity contribution in [2.24, 2.45) is 0 Å². The molecule has 2 aromatic rings. The van der Waals surface area contributed by atoms with Crippen molar-refractivity contribution in [1.82, 2.24) is 29.8 Å². The van der Waals surface area contributed by atoms with Crippen LogP contribution in [0.2, 0.25) is 0 Å². The van der Waals surface area contributed by atoms with Crippen LogP contribution in [-0.4, -0.2) is 75.1 Å². The first-order chi connectivity index (χ1) is 13.7. The van der Waals surface area contributed by atoms with Crippen molar-refractivity contribution in [1.29, 1.82) is 0 Å². The lowest BCUT2D eigenvalue weighted by Crippen LogP contribution is -2.39. The molecule has 0 bridgehead atoms. The average molecular weight is 387 g/mol. The van der Waals surface area contributed by atoms with E-state index < -0.39 is 0 Å². The van der Waals surface area contributed by atoms with Gasteiger partial charge in [-0.3, -0.25) is 19.5 Å². The quantitative estimate of drug-likeness (QED) is 0.820. The number of amides is 1. The van der Waals surface area contributed by atoms with Gasteiger partial charge in [-0.1, -0.05) is 6.92 Å². The molecule has 2 fully saturated rings. The maximum atomic E-state index is 13.0. The van der Waals surface area contributed by atoms with Crippen molar-refractivity contribution in [2.75, 3.05) is 39.4 Å². The Morgan fingerprint density at radius 2 is 2.14 bits per heavy atom. The molecule has 1 N–H and O–H groups in total. The SMILES string of the molecule is CCCn1cc(C(=O)N2CCCC(c3[nH]ncc3CN3CCOCC3)C2)cn1. The van der Waals surface area contributed by atoms with E-state index in [2.05, 4.69) is 27.1 Å². The lowest BCUT2D eigenvalue weighted by Gasteiger charge is -2.33. The number of piperidine rings is 1. The zero-order chi connectivity index (χ0) is 19.3. The van der Waals surface area contributed by atoms with Crippen LogP contribution in [-0.2, 0) is 17.8 Å². The fourth-order valence-corrected chi connectivity index (χ4v) is 4.21. The second-order valence-electron chi connectivity index (χ2n) is 7.78. The van der Waals surface area contributed by atoms with Crippen LogP contribution in [0.25, 0.3) is 0 Å². The summed E-state index contributed by atoms with van der Waals surface area (Å²) in [5.41, 5.74) is 3.12. The predicted octanol–water partition coefficient (Wildman–Crippen LogP) is 1.87. The molecular formula is C20H30N6O2. The Balaban J connectivity index is 1.42. The molecule has 152 valence electrons. The molecule has 4 heterocycles. The number of aromatic amines is 1. The summed E-state index contributed by atoms with van der Waals surface area (Å²) in [7, 11) is 0. The van der Waals surface area contributed by atoms with Crippen LogP contribution in [0.5, 0.6) is 0 Å². The second kappa shape index (κ2) is 8.87. The fraction of sp³-hybridized carbons (Fsp3) is 0.650. The van der Waals surface area contributed by atoms with E-state index in [1.807, 2.05) is 22.0 Å². The summed E-state index contributed by atoms with van der Waals surface area (Å²) in [6, 6.07) is 0. The summed E-state index contributed by atoms with van der Waals surface area (Å²) in [5.74, 6) is 0.392. The Hall–Kier alpha value is -2.19. The molecule has 0 aliphatic carbocycles. The Morgan fingerprint density at radius 3 is 2.96 bits per heavy atom. The van der Waals surface area contributed by atoms with E-state index in [0.717, 1.165) is 71.7 Å². The summed E-state index contributed by atoms with van der Waals surface area (Å²) in [4.78, 5) is 17.3. The Morgan fingerprint density at radius 1 is 1.29 bits per heavy atom. The minimum absolute atomic E-state index is 0.0845.